The van der Waals surface area contributed by atoms with Gasteiger partial charge < -0.3 is 5.32 Å². The lowest BCUT2D eigenvalue weighted by atomic mass is 9.97. The Bertz CT molecular complexity index is 350. The maximum absolute atomic E-state index is 6.16. The largest absolute Gasteiger partial charge is 0.317 e. The van der Waals surface area contributed by atoms with Gasteiger partial charge in [-0.1, -0.05) is 43.1 Å². The molecule has 0 spiro atoms. The number of hydrogen-bond donors (Lipinski definition) is 1. The van der Waals surface area contributed by atoms with Crippen molar-refractivity contribution in [3.63, 3.8) is 0 Å². The lowest BCUT2D eigenvalue weighted by Gasteiger charge is -2.18. The van der Waals surface area contributed by atoms with Gasteiger partial charge in [-0.15, -0.1) is 0 Å². The van der Waals surface area contributed by atoms with Crippen LogP contribution in [0.15, 0.2) is 18.2 Å². The van der Waals surface area contributed by atoms with Gasteiger partial charge in [-0.2, -0.15) is 0 Å². The summed E-state index contributed by atoms with van der Waals surface area (Å²) in [6.07, 6.45) is 3.30. The molecule has 1 rings (SSSR count). The summed E-state index contributed by atoms with van der Waals surface area (Å²) in [6, 6.07) is 6.29. The van der Waals surface area contributed by atoms with Crippen LogP contribution in [0.3, 0.4) is 0 Å². The number of halogens is 2. The molecule has 0 aromatic heterocycles. The lowest BCUT2D eigenvalue weighted by Crippen LogP contribution is -2.27. The van der Waals surface area contributed by atoms with Crippen molar-refractivity contribution in [3.05, 3.63) is 33.8 Å². The van der Waals surface area contributed by atoms with Gasteiger partial charge in [0.25, 0.3) is 0 Å². The van der Waals surface area contributed by atoms with Crippen molar-refractivity contribution in [2.75, 3.05) is 7.05 Å². The SMILES string of the molecule is CNC(CCc1ccc(Cl)cc1Cl)CC(C)C. The van der Waals surface area contributed by atoms with E-state index in [4.69, 9.17) is 23.2 Å². The molecule has 0 bridgehead atoms. The van der Waals surface area contributed by atoms with Crippen LogP contribution in [-0.2, 0) is 6.42 Å². The topological polar surface area (TPSA) is 12.0 Å². The zero-order valence-corrected chi connectivity index (χ0v) is 12.3. The molecule has 1 N–H and O–H groups in total. The van der Waals surface area contributed by atoms with E-state index in [1.54, 1.807) is 0 Å². The van der Waals surface area contributed by atoms with Crippen molar-refractivity contribution in [3.8, 4) is 0 Å². The molecule has 0 heterocycles. The Kier molecular flexibility index (Phi) is 6.32. The number of benzene rings is 1. The highest BCUT2D eigenvalue weighted by Gasteiger charge is 2.10. The van der Waals surface area contributed by atoms with Gasteiger partial charge in [-0.05, 0) is 49.9 Å². The van der Waals surface area contributed by atoms with E-state index in [0.29, 0.717) is 17.0 Å². The molecular formula is C14H21Cl2N. The first kappa shape index (κ1) is 14.8. The lowest BCUT2D eigenvalue weighted by molar-refractivity contribution is 0.422. The summed E-state index contributed by atoms with van der Waals surface area (Å²) in [6.45, 7) is 4.50. The second kappa shape index (κ2) is 7.25. The van der Waals surface area contributed by atoms with E-state index in [1.807, 2.05) is 25.2 Å². The molecule has 0 amide bonds. The van der Waals surface area contributed by atoms with Crippen LogP contribution in [0.5, 0.6) is 0 Å². The molecule has 1 atom stereocenters. The van der Waals surface area contributed by atoms with Gasteiger partial charge in [0.2, 0.25) is 0 Å². The summed E-state index contributed by atoms with van der Waals surface area (Å²) in [5, 5.41) is 4.84. The van der Waals surface area contributed by atoms with E-state index in [-0.39, 0.29) is 0 Å². The van der Waals surface area contributed by atoms with Crippen LogP contribution in [0.1, 0.15) is 32.3 Å². The van der Waals surface area contributed by atoms with Crippen LogP contribution in [-0.4, -0.2) is 13.1 Å². The Morgan fingerprint density at radius 2 is 1.94 bits per heavy atom. The number of rotatable bonds is 6. The van der Waals surface area contributed by atoms with Gasteiger partial charge in [0.1, 0.15) is 0 Å². The van der Waals surface area contributed by atoms with Crippen LogP contribution < -0.4 is 5.32 Å². The average Bonchev–Trinajstić information content (AvgIpc) is 2.25. The van der Waals surface area contributed by atoms with Crippen LogP contribution in [0.25, 0.3) is 0 Å². The molecule has 0 aliphatic heterocycles. The molecule has 1 unspecified atom stereocenters. The molecule has 3 heteroatoms. The highest BCUT2D eigenvalue weighted by molar-refractivity contribution is 6.35. The maximum atomic E-state index is 6.16. The number of hydrogen-bond acceptors (Lipinski definition) is 1. The van der Waals surface area contributed by atoms with E-state index in [0.717, 1.165) is 17.9 Å². The van der Waals surface area contributed by atoms with E-state index in [1.165, 1.54) is 12.0 Å². The Labute approximate surface area is 115 Å². The van der Waals surface area contributed by atoms with Crippen LogP contribution in [0.2, 0.25) is 10.0 Å². The predicted octanol–water partition coefficient (Wildman–Crippen LogP) is 4.56. The fourth-order valence-corrected chi connectivity index (χ4v) is 2.51. The summed E-state index contributed by atoms with van der Waals surface area (Å²) in [5.41, 5.74) is 1.18. The normalized spacial score (nSPS) is 13.1. The third-order valence-corrected chi connectivity index (χ3v) is 3.53. The minimum Gasteiger partial charge on any atom is -0.317 e. The van der Waals surface area contributed by atoms with Gasteiger partial charge in [0.15, 0.2) is 0 Å². The van der Waals surface area contributed by atoms with E-state index in [2.05, 4.69) is 19.2 Å². The van der Waals surface area contributed by atoms with Crippen LogP contribution in [0, 0.1) is 5.92 Å². The third kappa shape index (κ3) is 5.29. The van der Waals surface area contributed by atoms with E-state index < -0.39 is 0 Å². The Balaban J connectivity index is 2.53. The Morgan fingerprint density at radius 3 is 2.47 bits per heavy atom. The average molecular weight is 274 g/mol. The first-order valence-electron chi connectivity index (χ1n) is 6.14. The highest BCUT2D eigenvalue weighted by Crippen LogP contribution is 2.23. The first-order valence-corrected chi connectivity index (χ1v) is 6.89. The molecule has 0 aliphatic carbocycles. The second-order valence-corrected chi connectivity index (χ2v) is 5.73. The van der Waals surface area contributed by atoms with Crippen molar-refractivity contribution < 1.29 is 0 Å². The van der Waals surface area contributed by atoms with Gasteiger partial charge >= 0.3 is 0 Å². The molecule has 0 saturated heterocycles. The Hall–Kier alpha value is -0.240. The zero-order valence-electron chi connectivity index (χ0n) is 10.8. The molecule has 1 aromatic carbocycles. The number of aryl methyl sites for hydroxylation is 1. The quantitative estimate of drug-likeness (QED) is 0.801. The summed E-state index contributed by atoms with van der Waals surface area (Å²) in [7, 11) is 2.02. The van der Waals surface area contributed by atoms with Gasteiger partial charge in [-0.25, -0.2) is 0 Å². The van der Waals surface area contributed by atoms with Gasteiger partial charge in [0.05, 0.1) is 0 Å². The van der Waals surface area contributed by atoms with Crippen molar-refractivity contribution in [2.24, 2.45) is 5.92 Å². The maximum Gasteiger partial charge on any atom is 0.0452 e. The monoisotopic (exact) mass is 273 g/mol. The molecule has 17 heavy (non-hydrogen) atoms. The van der Waals surface area contributed by atoms with Crippen molar-refractivity contribution in [1.29, 1.82) is 0 Å². The second-order valence-electron chi connectivity index (χ2n) is 4.89. The molecule has 1 nitrogen and oxygen atoms in total. The molecule has 0 saturated carbocycles. The summed E-state index contributed by atoms with van der Waals surface area (Å²) >= 11 is 12.0. The van der Waals surface area contributed by atoms with Crippen molar-refractivity contribution >= 4 is 23.2 Å². The van der Waals surface area contributed by atoms with Crippen molar-refractivity contribution in [2.45, 2.75) is 39.2 Å². The van der Waals surface area contributed by atoms with E-state index >= 15 is 0 Å². The van der Waals surface area contributed by atoms with Crippen LogP contribution >= 0.6 is 23.2 Å². The van der Waals surface area contributed by atoms with Crippen molar-refractivity contribution in [1.82, 2.24) is 5.32 Å². The molecule has 0 aliphatic rings. The smallest absolute Gasteiger partial charge is 0.0452 e. The fourth-order valence-electron chi connectivity index (χ4n) is 2.00. The molecular weight excluding hydrogens is 253 g/mol. The minimum atomic E-state index is 0.557. The number of nitrogens with one attached hydrogen (secondary N) is 1. The van der Waals surface area contributed by atoms with E-state index in [9.17, 15) is 0 Å². The standard InChI is InChI=1S/C14H21Cl2N/c1-10(2)8-13(17-3)7-5-11-4-6-12(15)9-14(11)16/h4,6,9-10,13,17H,5,7-8H2,1-3H3. The highest BCUT2D eigenvalue weighted by atomic mass is 35.5. The van der Waals surface area contributed by atoms with Gasteiger partial charge in [0, 0.05) is 16.1 Å². The molecule has 0 radical (unpaired) electrons. The van der Waals surface area contributed by atoms with Crippen LogP contribution in [0.4, 0.5) is 0 Å². The van der Waals surface area contributed by atoms with Gasteiger partial charge in [-0.3, -0.25) is 0 Å². The first-order chi connectivity index (χ1) is 8.02. The fraction of sp³-hybridized carbons (Fsp3) is 0.571. The summed E-state index contributed by atoms with van der Waals surface area (Å²) in [4.78, 5) is 0. The Morgan fingerprint density at radius 1 is 1.24 bits per heavy atom. The molecule has 0 fully saturated rings. The zero-order chi connectivity index (χ0) is 12.8. The summed E-state index contributed by atoms with van der Waals surface area (Å²) < 4.78 is 0. The molecule has 1 aromatic rings. The minimum absolute atomic E-state index is 0.557. The predicted molar refractivity (Wildman–Crippen MR) is 77.1 cm³/mol. The molecule has 96 valence electrons. The third-order valence-electron chi connectivity index (χ3n) is 2.94. The summed E-state index contributed by atoms with van der Waals surface area (Å²) in [5.74, 6) is 0.716.